The Kier molecular flexibility index (Phi) is 3.33. The van der Waals surface area contributed by atoms with E-state index in [4.69, 9.17) is 10.3 Å². The topological polar surface area (TPSA) is 95.2 Å². The van der Waals surface area contributed by atoms with Crippen molar-refractivity contribution < 1.29 is 9.21 Å². The lowest BCUT2D eigenvalue weighted by atomic mass is 10.3. The molecule has 0 aromatic carbocycles. The van der Waals surface area contributed by atoms with Gasteiger partial charge in [0, 0.05) is 18.9 Å². The third kappa shape index (κ3) is 2.21. The van der Waals surface area contributed by atoms with Gasteiger partial charge in [0.2, 0.25) is 0 Å². The van der Waals surface area contributed by atoms with E-state index in [1.807, 2.05) is 12.3 Å². The average Bonchev–Trinajstić information content (AvgIpc) is 2.97. The van der Waals surface area contributed by atoms with Crippen molar-refractivity contribution in [3.63, 3.8) is 0 Å². The zero-order valence-corrected chi connectivity index (χ0v) is 9.92. The fourth-order valence-electron chi connectivity index (χ4n) is 1.65. The van der Waals surface area contributed by atoms with Crippen molar-refractivity contribution in [2.24, 2.45) is 5.84 Å². The summed E-state index contributed by atoms with van der Waals surface area (Å²) in [4.78, 5) is 23.0. The van der Waals surface area contributed by atoms with Crippen LogP contribution in [0.5, 0.6) is 0 Å². The van der Waals surface area contributed by atoms with Crippen LogP contribution in [0.1, 0.15) is 23.0 Å². The number of hydrogen-bond donors (Lipinski definition) is 2. The lowest BCUT2D eigenvalue weighted by Gasteiger charge is -1.97. The highest BCUT2D eigenvalue weighted by Gasteiger charge is 2.10. The van der Waals surface area contributed by atoms with Crippen molar-refractivity contribution in [2.75, 3.05) is 0 Å². The lowest BCUT2D eigenvalue weighted by Crippen LogP contribution is -2.29. The van der Waals surface area contributed by atoms with Crippen molar-refractivity contribution in [3.05, 3.63) is 46.5 Å². The molecular formula is C11H14N4O3. The molecule has 96 valence electrons. The van der Waals surface area contributed by atoms with Crippen LogP contribution >= 0.6 is 0 Å². The predicted octanol–water partition coefficient (Wildman–Crippen LogP) is -0.0855. The van der Waals surface area contributed by atoms with Crippen LogP contribution in [0.4, 0.5) is 0 Å². The smallest absolute Gasteiger partial charge is 0.328 e. The maximum atomic E-state index is 11.8. The molecule has 7 heteroatoms. The molecule has 3 N–H and O–H groups in total. The molecule has 18 heavy (non-hydrogen) atoms. The number of hydrazine groups is 1. The summed E-state index contributed by atoms with van der Waals surface area (Å²) >= 11 is 0. The fourth-order valence-corrected chi connectivity index (χ4v) is 1.65. The van der Waals surface area contributed by atoms with Gasteiger partial charge in [0.05, 0.1) is 12.1 Å². The van der Waals surface area contributed by atoms with E-state index in [1.165, 1.54) is 10.8 Å². The van der Waals surface area contributed by atoms with Crippen molar-refractivity contribution >= 4 is 5.91 Å². The highest BCUT2D eigenvalue weighted by molar-refractivity contribution is 5.93. The van der Waals surface area contributed by atoms with E-state index in [2.05, 4.69) is 0 Å². The quantitative estimate of drug-likeness (QED) is 0.450. The monoisotopic (exact) mass is 250 g/mol. The van der Waals surface area contributed by atoms with Crippen molar-refractivity contribution in [3.8, 4) is 0 Å². The number of hydrogen-bond acceptors (Lipinski definition) is 4. The molecule has 0 bridgehead atoms. The number of nitrogen functional groups attached to an aromatic ring is 1. The molecule has 0 aliphatic rings. The summed E-state index contributed by atoms with van der Waals surface area (Å²) in [5, 5.41) is 0. The Bertz CT molecular complexity index is 608. The second-order valence-electron chi connectivity index (χ2n) is 3.77. The van der Waals surface area contributed by atoms with E-state index in [9.17, 15) is 9.59 Å². The van der Waals surface area contributed by atoms with Gasteiger partial charge in [0.15, 0.2) is 0 Å². The Morgan fingerprint density at radius 1 is 1.44 bits per heavy atom. The first kappa shape index (κ1) is 12.2. The van der Waals surface area contributed by atoms with Gasteiger partial charge in [-0.15, -0.1) is 0 Å². The van der Waals surface area contributed by atoms with Crippen LogP contribution < -0.4 is 17.0 Å². The summed E-state index contributed by atoms with van der Waals surface area (Å²) in [5.74, 6) is 5.10. The Labute approximate surface area is 103 Å². The van der Waals surface area contributed by atoms with Crippen LogP contribution in [0, 0.1) is 0 Å². The largest absolute Gasteiger partial charge is 0.467 e. The number of carbonyl (C=O) groups is 1. The number of imidazole rings is 1. The summed E-state index contributed by atoms with van der Waals surface area (Å²) in [6.07, 6.45) is 4.69. The van der Waals surface area contributed by atoms with Crippen LogP contribution in [0.2, 0.25) is 0 Å². The van der Waals surface area contributed by atoms with Gasteiger partial charge in [-0.1, -0.05) is 0 Å². The second kappa shape index (κ2) is 4.92. The number of amides is 1. The van der Waals surface area contributed by atoms with E-state index >= 15 is 0 Å². The number of furan rings is 1. The Morgan fingerprint density at radius 3 is 2.78 bits per heavy atom. The zero-order chi connectivity index (χ0) is 13.1. The molecule has 2 rings (SSSR count). The number of aromatic nitrogens is 2. The maximum absolute atomic E-state index is 11.8. The number of nitrogens with zero attached hydrogens (tertiary/aromatic N) is 2. The minimum Gasteiger partial charge on any atom is -0.467 e. The first-order chi connectivity index (χ1) is 8.65. The highest BCUT2D eigenvalue weighted by Crippen LogP contribution is 2.08. The first-order valence-corrected chi connectivity index (χ1v) is 5.49. The zero-order valence-electron chi connectivity index (χ0n) is 9.92. The van der Waals surface area contributed by atoms with Gasteiger partial charge in [-0.3, -0.25) is 19.4 Å². The minimum absolute atomic E-state index is 0.112. The molecule has 0 saturated heterocycles. The number of aryl methyl sites for hydroxylation is 1. The van der Waals surface area contributed by atoms with E-state index in [1.54, 1.807) is 23.0 Å². The van der Waals surface area contributed by atoms with Gasteiger partial charge in [0.1, 0.15) is 12.0 Å². The van der Waals surface area contributed by atoms with Crippen LogP contribution in [0.25, 0.3) is 0 Å². The average molecular weight is 250 g/mol. The molecule has 7 nitrogen and oxygen atoms in total. The molecule has 0 aliphatic heterocycles. The van der Waals surface area contributed by atoms with Gasteiger partial charge < -0.3 is 4.42 Å². The van der Waals surface area contributed by atoms with Crippen molar-refractivity contribution in [1.82, 2.24) is 14.6 Å². The van der Waals surface area contributed by atoms with E-state index < -0.39 is 5.91 Å². The van der Waals surface area contributed by atoms with Gasteiger partial charge in [-0.2, -0.15) is 0 Å². The molecule has 0 radical (unpaired) electrons. The summed E-state index contributed by atoms with van der Waals surface area (Å²) in [7, 11) is 0. The number of nitrogens with two attached hydrogens (primary N) is 1. The molecule has 2 heterocycles. The minimum atomic E-state index is -0.427. The standard InChI is InChI=1S/C11H14N4O3/c1-2-14-3-4-15(11(14)17)6-9-5-8(7-18-9)10(16)13-12/h3-5,7H,2,6,12H2,1H3,(H,13,16). The lowest BCUT2D eigenvalue weighted by molar-refractivity contribution is 0.0953. The SMILES string of the molecule is CCn1ccn(Cc2cc(C(=O)NN)co2)c1=O. The number of nitrogens with one attached hydrogen (secondary N) is 1. The summed E-state index contributed by atoms with van der Waals surface area (Å²) in [5.41, 5.74) is 2.23. The van der Waals surface area contributed by atoms with Gasteiger partial charge >= 0.3 is 5.69 Å². The first-order valence-electron chi connectivity index (χ1n) is 5.49. The normalized spacial score (nSPS) is 10.6. The highest BCUT2D eigenvalue weighted by atomic mass is 16.3. The maximum Gasteiger partial charge on any atom is 0.328 e. The van der Waals surface area contributed by atoms with E-state index in [0.29, 0.717) is 17.9 Å². The Hall–Kier alpha value is -2.28. The molecule has 0 saturated carbocycles. The molecule has 0 atom stereocenters. The van der Waals surface area contributed by atoms with Gasteiger partial charge in [0.25, 0.3) is 5.91 Å². The van der Waals surface area contributed by atoms with Crippen molar-refractivity contribution in [2.45, 2.75) is 20.0 Å². The van der Waals surface area contributed by atoms with Gasteiger partial charge in [-0.05, 0) is 13.0 Å². The summed E-state index contributed by atoms with van der Waals surface area (Å²) in [6.45, 7) is 2.79. The third-order valence-electron chi connectivity index (χ3n) is 2.63. The molecule has 2 aromatic heterocycles. The third-order valence-corrected chi connectivity index (χ3v) is 2.63. The van der Waals surface area contributed by atoms with Crippen LogP contribution in [-0.4, -0.2) is 15.0 Å². The molecule has 0 unspecified atom stereocenters. The Morgan fingerprint density at radius 2 is 2.17 bits per heavy atom. The molecular weight excluding hydrogens is 236 g/mol. The van der Waals surface area contributed by atoms with Gasteiger partial charge in [-0.25, -0.2) is 10.6 Å². The van der Waals surface area contributed by atoms with E-state index in [0.717, 1.165) is 0 Å². The van der Waals surface area contributed by atoms with Crippen LogP contribution in [0.15, 0.2) is 33.9 Å². The van der Waals surface area contributed by atoms with Crippen LogP contribution in [0.3, 0.4) is 0 Å². The number of rotatable bonds is 4. The second-order valence-corrected chi connectivity index (χ2v) is 3.77. The van der Waals surface area contributed by atoms with Crippen molar-refractivity contribution in [1.29, 1.82) is 0 Å². The molecule has 0 spiro atoms. The summed E-state index contributed by atoms with van der Waals surface area (Å²) in [6, 6.07) is 1.55. The Balaban J connectivity index is 2.19. The number of carbonyl (C=O) groups excluding carboxylic acids is 1. The molecule has 0 fully saturated rings. The van der Waals surface area contributed by atoms with Crippen LogP contribution in [-0.2, 0) is 13.1 Å². The summed E-state index contributed by atoms with van der Waals surface area (Å²) < 4.78 is 8.29. The predicted molar refractivity (Wildman–Crippen MR) is 63.8 cm³/mol. The molecule has 2 aromatic rings. The molecule has 0 aliphatic carbocycles. The molecule has 1 amide bonds. The van der Waals surface area contributed by atoms with E-state index in [-0.39, 0.29) is 12.2 Å². The fraction of sp³-hybridized carbons (Fsp3) is 0.273.